The molecule has 0 heterocycles. The predicted octanol–water partition coefficient (Wildman–Crippen LogP) is 5.37. The van der Waals surface area contributed by atoms with Gasteiger partial charge in [0.1, 0.15) is 12.6 Å². The van der Waals surface area contributed by atoms with Crippen LogP contribution < -0.4 is 9.62 Å². The van der Waals surface area contributed by atoms with Crippen molar-refractivity contribution >= 4 is 62.3 Å². The highest BCUT2D eigenvalue weighted by Crippen LogP contribution is 2.37. The molecule has 0 aliphatic rings. The van der Waals surface area contributed by atoms with Gasteiger partial charge >= 0.3 is 6.18 Å². The zero-order chi connectivity index (χ0) is 28.3. The minimum absolute atomic E-state index is 0.203. The van der Waals surface area contributed by atoms with E-state index in [0.717, 1.165) is 23.3 Å². The first kappa shape index (κ1) is 31.0. The first-order valence-corrected chi connectivity index (χ1v) is 13.8. The van der Waals surface area contributed by atoms with E-state index in [9.17, 15) is 31.2 Å². The fourth-order valence-corrected chi connectivity index (χ4v) is 4.92. The number of alkyl halides is 3. The van der Waals surface area contributed by atoms with Gasteiger partial charge in [0.2, 0.25) is 21.8 Å². The zero-order valence-corrected chi connectivity index (χ0v) is 23.3. The zero-order valence-electron chi connectivity index (χ0n) is 20.2. The number of nitrogens with zero attached hydrogens (tertiary/aromatic N) is 2. The fraction of sp³-hybridized carbons (Fsp3) is 0.391. The van der Waals surface area contributed by atoms with Crippen molar-refractivity contribution in [3.8, 4) is 0 Å². The van der Waals surface area contributed by atoms with Gasteiger partial charge in [0.15, 0.2) is 0 Å². The third-order valence-corrected chi connectivity index (χ3v) is 7.39. The number of sulfonamides is 1. The van der Waals surface area contributed by atoms with Crippen LogP contribution >= 0.6 is 34.8 Å². The van der Waals surface area contributed by atoms with E-state index in [-0.39, 0.29) is 22.6 Å². The van der Waals surface area contributed by atoms with Gasteiger partial charge in [-0.3, -0.25) is 13.9 Å². The molecule has 0 radical (unpaired) electrons. The first-order chi connectivity index (χ1) is 16.9. The Labute approximate surface area is 228 Å². The fourth-order valence-electron chi connectivity index (χ4n) is 3.34. The Morgan fingerprint density at radius 1 is 1.00 bits per heavy atom. The SMILES string of the molecule is CC(C)NC(=O)[C@H](C)N(Cc1c(Cl)cccc1Cl)C(=O)CN(c1ccc(Cl)c(C(F)(F)F)c1)S(C)(=O)=O. The molecule has 1 atom stereocenters. The van der Waals surface area contributed by atoms with Gasteiger partial charge in [0.05, 0.1) is 22.5 Å². The molecule has 0 aliphatic carbocycles. The number of carbonyl (C=O) groups is 2. The lowest BCUT2D eigenvalue weighted by Gasteiger charge is -2.32. The summed E-state index contributed by atoms with van der Waals surface area (Å²) in [4.78, 5) is 27.3. The van der Waals surface area contributed by atoms with Gasteiger partial charge in [-0.2, -0.15) is 13.2 Å². The molecule has 37 heavy (non-hydrogen) atoms. The second-order valence-electron chi connectivity index (χ2n) is 8.49. The first-order valence-electron chi connectivity index (χ1n) is 10.8. The summed E-state index contributed by atoms with van der Waals surface area (Å²) in [5, 5.41) is 2.44. The molecule has 14 heteroatoms. The van der Waals surface area contributed by atoms with Gasteiger partial charge in [0.25, 0.3) is 0 Å². The predicted molar refractivity (Wildman–Crippen MR) is 138 cm³/mol. The average Bonchev–Trinajstić information content (AvgIpc) is 2.75. The van der Waals surface area contributed by atoms with Crippen LogP contribution in [0.2, 0.25) is 15.1 Å². The van der Waals surface area contributed by atoms with E-state index in [4.69, 9.17) is 34.8 Å². The third-order valence-electron chi connectivity index (χ3n) is 5.21. The maximum atomic E-state index is 13.5. The standard InChI is InChI=1S/C23H25Cl3F3N3O4S/c1-13(2)30-22(34)14(3)31(11-16-18(24)6-5-7-19(16)25)21(33)12-32(37(4,35)36)15-8-9-20(26)17(10-15)23(27,28)29/h5-10,13-14H,11-12H2,1-4H3,(H,30,34)/t14-/m0/s1. The van der Waals surface area contributed by atoms with Gasteiger partial charge in [-0.25, -0.2) is 8.42 Å². The summed E-state index contributed by atoms with van der Waals surface area (Å²) in [5.41, 5.74) is -1.39. The highest BCUT2D eigenvalue weighted by molar-refractivity contribution is 7.92. The van der Waals surface area contributed by atoms with Crippen LogP contribution in [0.15, 0.2) is 36.4 Å². The molecule has 2 aromatic rings. The van der Waals surface area contributed by atoms with E-state index in [0.29, 0.717) is 15.9 Å². The van der Waals surface area contributed by atoms with Crippen molar-refractivity contribution in [2.45, 2.75) is 45.6 Å². The van der Waals surface area contributed by atoms with Crippen LogP contribution in [0.5, 0.6) is 0 Å². The Morgan fingerprint density at radius 2 is 1.57 bits per heavy atom. The van der Waals surface area contributed by atoms with E-state index < -0.39 is 56.9 Å². The van der Waals surface area contributed by atoms with Gasteiger partial charge in [-0.15, -0.1) is 0 Å². The molecule has 7 nitrogen and oxygen atoms in total. The lowest BCUT2D eigenvalue weighted by atomic mass is 10.1. The van der Waals surface area contributed by atoms with Crippen molar-refractivity contribution in [1.82, 2.24) is 10.2 Å². The second-order valence-corrected chi connectivity index (χ2v) is 11.6. The number of hydrogen-bond acceptors (Lipinski definition) is 4. The lowest BCUT2D eigenvalue weighted by Crippen LogP contribution is -2.52. The Morgan fingerprint density at radius 3 is 2.05 bits per heavy atom. The third kappa shape index (κ3) is 8.13. The van der Waals surface area contributed by atoms with Crippen LogP contribution in [0.4, 0.5) is 18.9 Å². The van der Waals surface area contributed by atoms with Crippen molar-refractivity contribution in [3.05, 3.63) is 62.6 Å². The summed E-state index contributed by atoms with van der Waals surface area (Å²) in [5.74, 6) is -1.42. The molecule has 0 unspecified atom stereocenters. The molecule has 0 spiro atoms. The van der Waals surface area contributed by atoms with E-state index in [1.165, 1.54) is 19.1 Å². The Hall–Kier alpha value is -2.21. The molecule has 0 saturated carbocycles. The number of hydrogen-bond donors (Lipinski definition) is 1. The van der Waals surface area contributed by atoms with Gasteiger partial charge in [-0.1, -0.05) is 40.9 Å². The number of carbonyl (C=O) groups excluding carboxylic acids is 2. The normalized spacial score (nSPS) is 12.8. The van der Waals surface area contributed by atoms with E-state index in [1.54, 1.807) is 19.9 Å². The summed E-state index contributed by atoms with van der Waals surface area (Å²) in [6.45, 7) is 3.68. The quantitative estimate of drug-likeness (QED) is 0.418. The molecule has 0 saturated heterocycles. The van der Waals surface area contributed by atoms with E-state index in [1.807, 2.05) is 0 Å². The van der Waals surface area contributed by atoms with Crippen LogP contribution in [0.25, 0.3) is 0 Å². The maximum Gasteiger partial charge on any atom is 0.417 e. The number of anilines is 1. The molecular formula is C23H25Cl3F3N3O4S. The largest absolute Gasteiger partial charge is 0.417 e. The second kappa shape index (κ2) is 12.1. The molecule has 0 bridgehead atoms. The van der Waals surface area contributed by atoms with Crippen molar-refractivity contribution in [2.24, 2.45) is 0 Å². The number of nitrogens with one attached hydrogen (secondary N) is 1. The summed E-state index contributed by atoms with van der Waals surface area (Å²) >= 11 is 18.2. The molecule has 2 amide bonds. The van der Waals surface area contributed by atoms with Gasteiger partial charge in [-0.05, 0) is 51.1 Å². The minimum atomic E-state index is -4.86. The topological polar surface area (TPSA) is 86.8 Å². The van der Waals surface area contributed by atoms with Crippen molar-refractivity contribution in [2.75, 3.05) is 17.1 Å². The number of halogens is 6. The number of amides is 2. The summed E-state index contributed by atoms with van der Waals surface area (Å²) in [6.07, 6.45) is -4.12. The summed E-state index contributed by atoms with van der Waals surface area (Å²) < 4.78 is 65.8. The Kier molecular flexibility index (Phi) is 10.1. The molecule has 1 N–H and O–H groups in total. The highest BCUT2D eigenvalue weighted by atomic mass is 35.5. The van der Waals surface area contributed by atoms with E-state index >= 15 is 0 Å². The smallest absolute Gasteiger partial charge is 0.352 e. The van der Waals surface area contributed by atoms with Crippen LogP contribution in [0.1, 0.15) is 31.9 Å². The number of rotatable bonds is 9. The summed E-state index contributed by atoms with van der Waals surface area (Å²) in [6, 6.07) is 5.75. The monoisotopic (exact) mass is 601 g/mol. The van der Waals surface area contributed by atoms with Gasteiger partial charge < -0.3 is 10.2 Å². The van der Waals surface area contributed by atoms with Crippen molar-refractivity contribution in [3.63, 3.8) is 0 Å². The average molecular weight is 603 g/mol. The summed E-state index contributed by atoms with van der Waals surface area (Å²) in [7, 11) is -4.25. The van der Waals surface area contributed by atoms with Gasteiger partial charge in [0, 0.05) is 28.2 Å². The minimum Gasteiger partial charge on any atom is -0.352 e. The molecular weight excluding hydrogens is 578 g/mol. The highest BCUT2D eigenvalue weighted by Gasteiger charge is 2.36. The molecule has 204 valence electrons. The number of benzene rings is 2. The molecule has 2 rings (SSSR count). The molecule has 2 aromatic carbocycles. The molecule has 0 aromatic heterocycles. The van der Waals surface area contributed by atoms with E-state index in [2.05, 4.69) is 5.32 Å². The molecule has 0 fully saturated rings. The Bertz CT molecular complexity index is 1250. The lowest BCUT2D eigenvalue weighted by molar-refractivity contribution is -0.139. The Balaban J connectivity index is 2.54. The maximum absolute atomic E-state index is 13.5. The van der Waals surface area contributed by atoms with Crippen LogP contribution in [0, 0.1) is 0 Å². The van der Waals surface area contributed by atoms with Crippen molar-refractivity contribution < 1.29 is 31.2 Å². The van der Waals surface area contributed by atoms with Crippen LogP contribution in [-0.2, 0) is 32.3 Å². The van der Waals surface area contributed by atoms with Crippen molar-refractivity contribution in [1.29, 1.82) is 0 Å². The van der Waals surface area contributed by atoms with Crippen LogP contribution in [-0.4, -0.2) is 50.0 Å². The van der Waals surface area contributed by atoms with Crippen LogP contribution in [0.3, 0.4) is 0 Å². The molecule has 0 aliphatic heterocycles.